The number of carbonyl (C=O) groups is 6. The second-order valence-electron chi connectivity index (χ2n) is 23.3. The molecule has 4 aliphatic carbocycles. The lowest BCUT2D eigenvalue weighted by Gasteiger charge is -2.59. The number of carboxylic acid groups (broad SMARTS) is 4. The summed E-state index contributed by atoms with van der Waals surface area (Å²) in [4.78, 5) is 87.9. The fourth-order valence-corrected chi connectivity index (χ4v) is 12.9. The number of nitrogens with zero attached hydrogens (tertiary/aromatic N) is 8. The lowest BCUT2D eigenvalue weighted by Crippen LogP contribution is -2.70. The third-order valence-electron chi connectivity index (χ3n) is 16.8. The summed E-state index contributed by atoms with van der Waals surface area (Å²) in [6.45, 7) is 7.60. The van der Waals surface area contributed by atoms with Crippen LogP contribution in [0.4, 0.5) is 5.69 Å². The average molecular weight is 1180 g/mol. The molecular weight excluding hydrogens is 1090 g/mol. The Morgan fingerprint density at radius 3 is 1.74 bits per heavy atom. The number of carbonyl (C=O) groups excluding carboxylic acids is 2. The molecule has 1 atom stereocenters. The number of nitrogens with one attached hydrogen (secondary N) is 2. The largest absolute Gasteiger partial charge is 0.496 e. The molecule has 4 bridgehead atoms. The van der Waals surface area contributed by atoms with Crippen molar-refractivity contribution >= 4 is 41.4 Å². The number of methoxy groups -OCH3 is 2. The van der Waals surface area contributed by atoms with E-state index in [1.54, 1.807) is 62.8 Å². The van der Waals surface area contributed by atoms with Crippen LogP contribution in [0, 0.1) is 23.7 Å². The third-order valence-corrected chi connectivity index (χ3v) is 16.8. The molecule has 464 valence electrons. The van der Waals surface area contributed by atoms with E-state index in [2.05, 4.69) is 10.6 Å². The van der Waals surface area contributed by atoms with Gasteiger partial charge in [0.05, 0.1) is 70.6 Å². The molecule has 3 aromatic rings. The number of ether oxygens (including phenoxy) is 4. The van der Waals surface area contributed by atoms with Crippen LogP contribution < -0.4 is 25.0 Å². The zero-order chi connectivity index (χ0) is 60.7. The van der Waals surface area contributed by atoms with E-state index in [1.807, 2.05) is 55.9 Å². The summed E-state index contributed by atoms with van der Waals surface area (Å²) >= 11 is 0. The van der Waals surface area contributed by atoms with Crippen LogP contribution in [0.15, 0.2) is 42.5 Å². The molecule has 1 unspecified atom stereocenters. The molecule has 7 N–H and O–H groups in total. The fourth-order valence-electron chi connectivity index (χ4n) is 12.9. The van der Waals surface area contributed by atoms with Gasteiger partial charge in [0.1, 0.15) is 29.9 Å². The van der Waals surface area contributed by atoms with Gasteiger partial charge in [0.15, 0.2) is 5.69 Å². The first-order chi connectivity index (χ1) is 40.2. The van der Waals surface area contributed by atoms with E-state index in [4.69, 9.17) is 24.0 Å². The second kappa shape index (κ2) is 30.7. The van der Waals surface area contributed by atoms with Gasteiger partial charge in [-0.2, -0.15) is 5.10 Å². The van der Waals surface area contributed by atoms with Gasteiger partial charge in [-0.1, -0.05) is 19.9 Å². The zero-order valence-electron chi connectivity index (χ0n) is 49.6. The van der Waals surface area contributed by atoms with Gasteiger partial charge in [0, 0.05) is 77.7 Å². The molecular formula is C59H88N10O15. The predicted octanol–water partition coefficient (Wildman–Crippen LogP) is 2.39. The Morgan fingerprint density at radius 1 is 0.702 bits per heavy atom. The number of benzene rings is 2. The minimum absolute atomic E-state index is 0.0380. The van der Waals surface area contributed by atoms with E-state index in [0.717, 1.165) is 44.2 Å². The number of rotatable bonds is 30. The van der Waals surface area contributed by atoms with Crippen LogP contribution in [0.3, 0.4) is 0 Å². The summed E-state index contributed by atoms with van der Waals surface area (Å²) in [7, 11) is 7.03. The van der Waals surface area contributed by atoms with Gasteiger partial charge in [-0.25, -0.2) is 9.48 Å². The Labute approximate surface area is 491 Å². The Morgan fingerprint density at radius 2 is 1.24 bits per heavy atom. The average Bonchev–Trinajstić information content (AvgIpc) is 1.34. The van der Waals surface area contributed by atoms with Crippen molar-refractivity contribution in [2.24, 2.45) is 23.7 Å². The summed E-state index contributed by atoms with van der Waals surface area (Å²) in [5.74, 6) is -3.47. The first kappa shape index (κ1) is 65.3. The van der Waals surface area contributed by atoms with E-state index in [0.29, 0.717) is 85.1 Å². The van der Waals surface area contributed by atoms with Gasteiger partial charge in [-0.15, -0.1) is 0 Å². The molecule has 8 rings (SSSR count). The van der Waals surface area contributed by atoms with Crippen molar-refractivity contribution in [1.82, 2.24) is 44.9 Å². The quantitative estimate of drug-likeness (QED) is 0.0372. The Bertz CT molecular complexity index is 2640. The molecule has 25 heteroatoms. The van der Waals surface area contributed by atoms with Crippen molar-refractivity contribution in [2.45, 2.75) is 70.1 Å². The van der Waals surface area contributed by atoms with Crippen molar-refractivity contribution in [1.29, 1.82) is 0 Å². The first-order valence-electron chi connectivity index (χ1n) is 29.3. The molecule has 0 radical (unpaired) electrons. The summed E-state index contributed by atoms with van der Waals surface area (Å²) in [6.07, 6.45) is 3.88. The number of aliphatic hydroxyl groups excluding tert-OH is 1. The minimum atomic E-state index is -1.39. The van der Waals surface area contributed by atoms with Crippen LogP contribution in [-0.2, 0) is 33.4 Å². The number of aliphatic hydroxyl groups is 1. The van der Waals surface area contributed by atoms with E-state index in [9.17, 15) is 54.3 Å². The summed E-state index contributed by atoms with van der Waals surface area (Å²) in [5, 5.41) is 61.6. The van der Waals surface area contributed by atoms with E-state index < -0.39 is 41.6 Å². The van der Waals surface area contributed by atoms with Gasteiger partial charge in [0.25, 0.3) is 11.8 Å². The number of aliphatic carboxylic acids is 4. The van der Waals surface area contributed by atoms with Crippen LogP contribution in [0.25, 0.3) is 16.9 Å². The lowest BCUT2D eigenvalue weighted by atomic mass is 9.48. The summed E-state index contributed by atoms with van der Waals surface area (Å²) in [5.41, 5.74) is 1.75. The van der Waals surface area contributed by atoms with Crippen molar-refractivity contribution in [3.8, 4) is 28.4 Å². The number of amides is 2. The molecule has 0 spiro atoms. The molecule has 5 fully saturated rings. The second-order valence-corrected chi connectivity index (χ2v) is 23.3. The number of hydrogen-bond donors (Lipinski definition) is 7. The molecule has 4 saturated carbocycles. The highest BCUT2D eigenvalue weighted by Crippen LogP contribution is 2.58. The highest BCUT2D eigenvalue weighted by Gasteiger charge is 2.62. The summed E-state index contributed by atoms with van der Waals surface area (Å²) < 4.78 is 25.1. The Balaban J connectivity index is 0.993. The van der Waals surface area contributed by atoms with Crippen LogP contribution in [0.5, 0.6) is 11.5 Å². The molecule has 1 saturated heterocycles. The van der Waals surface area contributed by atoms with E-state index in [-0.39, 0.29) is 115 Å². The minimum Gasteiger partial charge on any atom is -0.496 e. The molecule has 1 aliphatic heterocycles. The SMILES string of the molecule is COc1cccc(OC)c1-c1cc(C(=O)NC2(C(=O)O)C3CC4CC(C3)CC2C4)nn1-c1ccc(N(CCCN(C)C)C(=O)COCCOCCNC(O)CN2CCN(CC(=O)O)CCN(CC(=O)O)CCN(CC(=O)O)CC2)cc1C(C)C. The maximum absolute atomic E-state index is 14.6. The smallest absolute Gasteiger partial charge is 0.330 e. The highest BCUT2D eigenvalue weighted by atomic mass is 16.5. The highest BCUT2D eigenvalue weighted by molar-refractivity contribution is 5.98. The number of anilines is 1. The van der Waals surface area contributed by atoms with Gasteiger partial charge in [0.2, 0.25) is 0 Å². The zero-order valence-corrected chi connectivity index (χ0v) is 49.6. The number of β-amino-alcohol motifs (C(OH)–C–C–N with tert-alkyl or cyclic N) is 1. The first-order valence-corrected chi connectivity index (χ1v) is 29.3. The van der Waals surface area contributed by atoms with Crippen molar-refractivity contribution in [3.63, 3.8) is 0 Å². The molecule has 2 heterocycles. The molecule has 2 amide bonds. The predicted molar refractivity (Wildman–Crippen MR) is 311 cm³/mol. The van der Waals surface area contributed by atoms with Gasteiger partial charge >= 0.3 is 23.9 Å². The van der Waals surface area contributed by atoms with Crippen LogP contribution in [0.2, 0.25) is 0 Å². The normalized spacial score (nSPS) is 22.1. The van der Waals surface area contributed by atoms with Crippen molar-refractivity contribution < 1.29 is 73.2 Å². The molecule has 25 nitrogen and oxygen atoms in total. The molecule has 84 heavy (non-hydrogen) atoms. The molecule has 1 aromatic heterocycles. The molecule has 5 aliphatic rings. The fraction of sp³-hybridized carbons (Fsp3) is 0.644. The van der Waals surface area contributed by atoms with Gasteiger partial charge in [-0.05, 0) is 131 Å². The van der Waals surface area contributed by atoms with Crippen molar-refractivity contribution in [2.75, 3.05) is 158 Å². The Kier molecular flexibility index (Phi) is 23.8. The third kappa shape index (κ3) is 17.2. The van der Waals surface area contributed by atoms with Crippen LogP contribution in [-0.4, -0.2) is 260 Å². The maximum atomic E-state index is 14.6. The number of aromatic nitrogens is 2. The van der Waals surface area contributed by atoms with E-state index in [1.165, 1.54) is 0 Å². The number of hydrogen-bond acceptors (Lipinski definition) is 18. The van der Waals surface area contributed by atoms with Crippen molar-refractivity contribution in [3.05, 3.63) is 53.7 Å². The lowest BCUT2D eigenvalue weighted by molar-refractivity contribution is -0.163. The van der Waals surface area contributed by atoms with Gasteiger partial charge < -0.3 is 59.6 Å². The van der Waals surface area contributed by atoms with E-state index >= 15 is 0 Å². The summed E-state index contributed by atoms with van der Waals surface area (Å²) in [6, 6.07) is 12.7. The Hall–Kier alpha value is -6.29. The van der Waals surface area contributed by atoms with Gasteiger partial charge in [-0.3, -0.25) is 48.9 Å². The maximum Gasteiger partial charge on any atom is 0.330 e. The topological polar surface area (TPSA) is 302 Å². The van der Waals surface area contributed by atoms with Crippen LogP contribution in [0.1, 0.15) is 74.3 Å². The number of carboxylic acids is 4. The monoisotopic (exact) mass is 1180 g/mol. The van der Waals surface area contributed by atoms with Crippen LogP contribution >= 0.6 is 0 Å². The standard InChI is InChI=1S/C59H88N10O15/c1-39(2)45-32-44(11-12-47(45)69-48(56-49(81-5)9-7-10-50(56)82-6)33-46(62-69)57(78)61-59(58(79)80)42-28-40-27-41(30-42)31-43(59)29-40)68(15-8-14-63(3)4)52(71)38-84-26-25-83-24-13-60-51(70)34-64-16-18-65(35-53(72)73)20-22-67(37-55(76)77)23-21-66(19-17-64)36-54(74)75/h7,9-12,32-33,39-43,51,60,70H,8,13-31,34-38H2,1-6H3,(H,61,78)(H,72,73)(H,74,75)(H,76,77)(H,79,80). The molecule has 2 aromatic carbocycles.